The third-order valence-corrected chi connectivity index (χ3v) is 4.90. The summed E-state index contributed by atoms with van der Waals surface area (Å²) >= 11 is 0. The van der Waals surface area contributed by atoms with Crippen molar-refractivity contribution in [3.63, 3.8) is 0 Å². The van der Waals surface area contributed by atoms with Crippen LogP contribution >= 0.6 is 0 Å². The van der Waals surface area contributed by atoms with E-state index in [1.807, 2.05) is 24.3 Å². The van der Waals surface area contributed by atoms with Crippen molar-refractivity contribution in [2.75, 3.05) is 13.1 Å². The fourth-order valence-electron chi connectivity index (χ4n) is 3.51. The zero-order valence-corrected chi connectivity index (χ0v) is 15.5. The minimum Gasteiger partial charge on any atom is -0.468 e. The highest BCUT2D eigenvalue weighted by molar-refractivity contribution is 6.21. The lowest BCUT2D eigenvalue weighted by molar-refractivity contribution is 0.0650. The van der Waals surface area contributed by atoms with Crippen molar-refractivity contribution >= 4 is 11.8 Å². The number of hydrogen-bond donors (Lipinski definition) is 0. The molecule has 0 spiro atoms. The van der Waals surface area contributed by atoms with Crippen molar-refractivity contribution in [2.24, 2.45) is 0 Å². The van der Waals surface area contributed by atoms with Gasteiger partial charge in [-0.3, -0.25) is 19.4 Å². The van der Waals surface area contributed by atoms with Gasteiger partial charge in [0.25, 0.3) is 11.8 Å². The molecule has 0 bridgehead atoms. The van der Waals surface area contributed by atoms with Crippen molar-refractivity contribution < 1.29 is 18.4 Å². The topological polar surface area (TPSA) is 66.9 Å². The van der Waals surface area contributed by atoms with Crippen LogP contribution in [0.25, 0.3) is 0 Å². The van der Waals surface area contributed by atoms with Crippen LogP contribution in [0.3, 0.4) is 0 Å². The van der Waals surface area contributed by atoms with Crippen LogP contribution in [0.4, 0.5) is 0 Å². The van der Waals surface area contributed by atoms with E-state index in [9.17, 15) is 9.59 Å². The van der Waals surface area contributed by atoms with Crippen LogP contribution in [0.5, 0.6) is 0 Å². The second kappa shape index (κ2) is 8.27. The molecule has 3 heterocycles. The molecule has 3 aromatic rings. The van der Waals surface area contributed by atoms with Gasteiger partial charge in [-0.2, -0.15) is 0 Å². The number of nitrogens with zero attached hydrogens (tertiary/aromatic N) is 2. The maximum atomic E-state index is 12.4. The first-order valence-corrected chi connectivity index (χ1v) is 9.45. The summed E-state index contributed by atoms with van der Waals surface area (Å²) in [4.78, 5) is 28.4. The number of amides is 2. The van der Waals surface area contributed by atoms with Crippen LogP contribution in [0.1, 0.15) is 45.1 Å². The molecule has 0 fully saturated rings. The van der Waals surface area contributed by atoms with Crippen LogP contribution in [0, 0.1) is 0 Å². The van der Waals surface area contributed by atoms with Crippen LogP contribution in [-0.2, 0) is 13.1 Å². The SMILES string of the molecule is O=C1c2ccccc2C(=O)N1CCCCN(Cc1ccco1)Cc1ccco1. The number of carbonyl (C=O) groups is 2. The van der Waals surface area contributed by atoms with Crippen LogP contribution in [0.2, 0.25) is 0 Å². The zero-order valence-electron chi connectivity index (χ0n) is 15.5. The maximum absolute atomic E-state index is 12.4. The fraction of sp³-hybridized carbons (Fsp3) is 0.273. The summed E-state index contributed by atoms with van der Waals surface area (Å²) in [7, 11) is 0. The first-order chi connectivity index (χ1) is 13.7. The molecule has 0 N–H and O–H groups in total. The minimum atomic E-state index is -0.191. The normalized spacial score (nSPS) is 13.5. The van der Waals surface area contributed by atoms with Gasteiger partial charge in [0.1, 0.15) is 11.5 Å². The van der Waals surface area contributed by atoms with Gasteiger partial charge < -0.3 is 8.83 Å². The number of carbonyl (C=O) groups excluding carboxylic acids is 2. The van der Waals surface area contributed by atoms with Gasteiger partial charge in [0.2, 0.25) is 0 Å². The summed E-state index contributed by atoms with van der Waals surface area (Å²) in [6.07, 6.45) is 4.94. The first kappa shape index (κ1) is 18.3. The molecule has 1 aromatic carbocycles. The Balaban J connectivity index is 1.31. The molecule has 2 amide bonds. The summed E-state index contributed by atoms with van der Waals surface area (Å²) in [5, 5.41) is 0. The monoisotopic (exact) mass is 378 g/mol. The van der Waals surface area contributed by atoms with Gasteiger partial charge in [0.05, 0.1) is 36.7 Å². The lowest BCUT2D eigenvalue weighted by atomic mass is 10.1. The van der Waals surface area contributed by atoms with Crippen molar-refractivity contribution in [1.29, 1.82) is 0 Å². The Kier molecular flexibility index (Phi) is 5.39. The molecule has 0 radical (unpaired) electrons. The van der Waals surface area contributed by atoms with Gasteiger partial charge in [-0.25, -0.2) is 0 Å². The largest absolute Gasteiger partial charge is 0.468 e. The van der Waals surface area contributed by atoms with Gasteiger partial charge >= 0.3 is 0 Å². The number of unbranched alkanes of at least 4 members (excludes halogenated alkanes) is 1. The van der Waals surface area contributed by atoms with E-state index in [-0.39, 0.29) is 11.8 Å². The van der Waals surface area contributed by atoms with E-state index in [1.54, 1.807) is 36.8 Å². The fourth-order valence-corrected chi connectivity index (χ4v) is 3.51. The van der Waals surface area contributed by atoms with Crippen molar-refractivity contribution in [1.82, 2.24) is 9.80 Å². The number of hydrogen-bond acceptors (Lipinski definition) is 5. The molecule has 1 aliphatic heterocycles. The summed E-state index contributed by atoms with van der Waals surface area (Å²) < 4.78 is 10.9. The van der Waals surface area contributed by atoms with E-state index >= 15 is 0 Å². The number of imide groups is 1. The number of benzene rings is 1. The number of rotatable bonds is 9. The summed E-state index contributed by atoms with van der Waals surface area (Å²) in [6, 6.07) is 14.7. The molecule has 6 heteroatoms. The second-order valence-corrected chi connectivity index (χ2v) is 6.88. The Labute approximate surface area is 163 Å². The lowest BCUT2D eigenvalue weighted by Gasteiger charge is -2.21. The van der Waals surface area contributed by atoms with E-state index in [0.29, 0.717) is 30.8 Å². The number of fused-ring (bicyclic) bond motifs is 1. The molecule has 0 aliphatic carbocycles. The van der Waals surface area contributed by atoms with Gasteiger partial charge in [0.15, 0.2) is 0 Å². The van der Waals surface area contributed by atoms with E-state index in [1.165, 1.54) is 4.90 Å². The molecule has 4 rings (SSSR count). The zero-order chi connectivity index (χ0) is 19.3. The number of furan rings is 2. The smallest absolute Gasteiger partial charge is 0.261 e. The van der Waals surface area contributed by atoms with Gasteiger partial charge in [0, 0.05) is 6.54 Å². The van der Waals surface area contributed by atoms with Crippen molar-refractivity contribution in [3.05, 3.63) is 83.7 Å². The predicted octanol–water partition coefficient (Wildman–Crippen LogP) is 3.95. The highest BCUT2D eigenvalue weighted by Gasteiger charge is 2.34. The van der Waals surface area contributed by atoms with E-state index in [2.05, 4.69) is 4.90 Å². The van der Waals surface area contributed by atoms with Gasteiger partial charge in [-0.15, -0.1) is 0 Å². The van der Waals surface area contributed by atoms with E-state index in [4.69, 9.17) is 8.83 Å². The standard InChI is InChI=1S/C22H22N2O4/c25-21-19-9-1-2-10-20(19)22(26)24(21)12-4-3-11-23(15-17-7-5-13-27-17)16-18-8-6-14-28-18/h1-2,5-10,13-14H,3-4,11-12,15-16H2. The second-order valence-electron chi connectivity index (χ2n) is 6.88. The van der Waals surface area contributed by atoms with Gasteiger partial charge in [-0.1, -0.05) is 12.1 Å². The summed E-state index contributed by atoms with van der Waals surface area (Å²) in [5.41, 5.74) is 1.01. The Morgan fingerprint density at radius 1 is 0.750 bits per heavy atom. The Bertz CT molecular complexity index is 860. The molecule has 28 heavy (non-hydrogen) atoms. The summed E-state index contributed by atoms with van der Waals surface area (Å²) in [5.74, 6) is 1.41. The molecule has 1 aliphatic rings. The van der Waals surface area contributed by atoms with E-state index < -0.39 is 0 Å². The Morgan fingerprint density at radius 3 is 1.82 bits per heavy atom. The highest BCUT2D eigenvalue weighted by Crippen LogP contribution is 2.22. The molecule has 0 atom stereocenters. The molecule has 2 aromatic heterocycles. The molecule has 0 saturated carbocycles. The van der Waals surface area contributed by atoms with Gasteiger partial charge in [-0.05, 0) is 55.8 Å². The van der Waals surface area contributed by atoms with Crippen LogP contribution in [-0.4, -0.2) is 34.7 Å². The van der Waals surface area contributed by atoms with E-state index in [0.717, 1.165) is 30.9 Å². The van der Waals surface area contributed by atoms with Crippen LogP contribution < -0.4 is 0 Å². The lowest BCUT2D eigenvalue weighted by Crippen LogP contribution is -2.31. The molecule has 0 unspecified atom stereocenters. The minimum absolute atomic E-state index is 0.191. The Morgan fingerprint density at radius 2 is 1.32 bits per heavy atom. The quantitative estimate of drug-likeness (QED) is 0.417. The molecule has 6 nitrogen and oxygen atoms in total. The third kappa shape index (κ3) is 3.92. The molecular formula is C22H22N2O4. The molecular weight excluding hydrogens is 356 g/mol. The highest BCUT2D eigenvalue weighted by atomic mass is 16.3. The molecule has 144 valence electrons. The maximum Gasteiger partial charge on any atom is 0.261 e. The van der Waals surface area contributed by atoms with Crippen molar-refractivity contribution in [3.8, 4) is 0 Å². The predicted molar refractivity (Wildman–Crippen MR) is 103 cm³/mol. The average molecular weight is 378 g/mol. The van der Waals surface area contributed by atoms with Crippen molar-refractivity contribution in [2.45, 2.75) is 25.9 Å². The Hall–Kier alpha value is -3.12. The first-order valence-electron chi connectivity index (χ1n) is 9.45. The average Bonchev–Trinajstić information content (AvgIpc) is 3.44. The summed E-state index contributed by atoms with van der Waals surface area (Å²) in [6.45, 7) is 2.60. The third-order valence-electron chi connectivity index (χ3n) is 4.90. The molecule has 0 saturated heterocycles. The van der Waals surface area contributed by atoms with Crippen LogP contribution in [0.15, 0.2) is 69.9 Å².